The highest BCUT2D eigenvalue weighted by atomic mass is 32.1. The molecule has 1 atom stereocenters. The van der Waals surface area contributed by atoms with Crippen LogP contribution in [0.25, 0.3) is 11.0 Å². The molecule has 3 aromatic rings. The Balaban J connectivity index is 1.53. The van der Waals surface area contributed by atoms with Gasteiger partial charge in [0.2, 0.25) is 11.9 Å². The van der Waals surface area contributed by atoms with Crippen LogP contribution in [0.1, 0.15) is 35.1 Å². The largest absolute Gasteiger partial charge is 0.376 e. The second-order valence-corrected chi connectivity index (χ2v) is 7.71. The standard InChI is InChI=1S/C19H21N5O3S/c1-11-16(17(26)23-18-21-14-7-3-4-8-15(14)22-18)28-19(20-11)24(12(2)25)10-13-6-5-9-27-13/h3-4,7-8,13H,5-6,9-10H2,1-2H3,(H2,21,22,23,26)/t13-/m0/s1. The Hall–Kier alpha value is -2.78. The summed E-state index contributed by atoms with van der Waals surface area (Å²) in [5.74, 6) is -0.0438. The van der Waals surface area contributed by atoms with E-state index in [1.165, 1.54) is 18.3 Å². The lowest BCUT2D eigenvalue weighted by Crippen LogP contribution is -2.35. The summed E-state index contributed by atoms with van der Waals surface area (Å²) in [6, 6.07) is 7.55. The quantitative estimate of drug-likeness (QED) is 0.687. The lowest BCUT2D eigenvalue weighted by atomic mass is 10.2. The fourth-order valence-electron chi connectivity index (χ4n) is 3.22. The zero-order valence-electron chi connectivity index (χ0n) is 15.7. The molecule has 4 rings (SSSR count). The average molecular weight is 399 g/mol. The van der Waals surface area contributed by atoms with Crippen molar-refractivity contribution in [2.45, 2.75) is 32.8 Å². The molecule has 146 valence electrons. The molecule has 0 spiro atoms. The van der Waals surface area contributed by atoms with E-state index in [1.807, 2.05) is 24.3 Å². The molecule has 28 heavy (non-hydrogen) atoms. The number of hydrogen-bond acceptors (Lipinski definition) is 6. The van der Waals surface area contributed by atoms with E-state index < -0.39 is 0 Å². The Morgan fingerprint density at radius 1 is 1.36 bits per heavy atom. The number of anilines is 2. The number of fused-ring (bicyclic) bond motifs is 1. The normalized spacial score (nSPS) is 16.4. The summed E-state index contributed by atoms with van der Waals surface area (Å²) < 4.78 is 5.64. The summed E-state index contributed by atoms with van der Waals surface area (Å²) in [4.78, 5) is 38.8. The van der Waals surface area contributed by atoms with E-state index in [2.05, 4.69) is 20.3 Å². The number of aryl methyl sites for hydroxylation is 1. The van der Waals surface area contributed by atoms with Crippen LogP contribution in [0, 0.1) is 6.92 Å². The van der Waals surface area contributed by atoms with Gasteiger partial charge in [0, 0.05) is 13.5 Å². The Kier molecular flexibility index (Phi) is 5.10. The predicted molar refractivity (Wildman–Crippen MR) is 108 cm³/mol. The number of nitrogens with zero attached hydrogens (tertiary/aromatic N) is 3. The summed E-state index contributed by atoms with van der Waals surface area (Å²) in [7, 11) is 0. The van der Waals surface area contributed by atoms with Gasteiger partial charge in [0.1, 0.15) is 4.88 Å². The van der Waals surface area contributed by atoms with Crippen molar-refractivity contribution >= 4 is 45.3 Å². The van der Waals surface area contributed by atoms with Gasteiger partial charge in [-0.15, -0.1) is 0 Å². The van der Waals surface area contributed by atoms with E-state index in [1.54, 1.807) is 11.8 Å². The molecule has 0 unspecified atom stereocenters. The Morgan fingerprint density at radius 3 is 2.89 bits per heavy atom. The SMILES string of the molecule is CC(=O)N(C[C@@H]1CCCO1)c1nc(C)c(C(=O)Nc2nc3ccccc3[nH]2)s1. The number of para-hydroxylation sites is 2. The second-order valence-electron chi connectivity index (χ2n) is 6.73. The van der Waals surface area contributed by atoms with Crippen molar-refractivity contribution in [2.24, 2.45) is 0 Å². The maximum atomic E-state index is 12.7. The smallest absolute Gasteiger partial charge is 0.270 e. The number of thiazole rings is 1. The molecule has 0 saturated carbocycles. The van der Waals surface area contributed by atoms with Gasteiger partial charge >= 0.3 is 0 Å². The van der Waals surface area contributed by atoms with Gasteiger partial charge in [-0.05, 0) is 31.9 Å². The number of amides is 2. The number of rotatable bonds is 5. The third-order valence-electron chi connectivity index (χ3n) is 4.63. The van der Waals surface area contributed by atoms with Crippen LogP contribution < -0.4 is 10.2 Å². The third kappa shape index (κ3) is 3.76. The van der Waals surface area contributed by atoms with Crippen LogP contribution in [0.2, 0.25) is 0 Å². The first-order chi connectivity index (χ1) is 13.5. The van der Waals surface area contributed by atoms with E-state index in [4.69, 9.17) is 4.74 Å². The molecule has 0 aliphatic carbocycles. The minimum Gasteiger partial charge on any atom is -0.376 e. The number of benzene rings is 1. The maximum Gasteiger partial charge on any atom is 0.270 e. The van der Waals surface area contributed by atoms with Gasteiger partial charge in [0.25, 0.3) is 5.91 Å². The molecule has 1 aliphatic rings. The molecule has 0 bridgehead atoms. The molecule has 2 N–H and O–H groups in total. The van der Waals surface area contributed by atoms with Crippen molar-refractivity contribution in [3.8, 4) is 0 Å². The Labute approximate surface area is 165 Å². The molecule has 2 aromatic heterocycles. The first kappa shape index (κ1) is 18.6. The molecule has 0 radical (unpaired) electrons. The number of H-pyrrole nitrogens is 1. The van der Waals surface area contributed by atoms with E-state index in [0.29, 0.717) is 28.2 Å². The van der Waals surface area contributed by atoms with Crippen LogP contribution >= 0.6 is 11.3 Å². The van der Waals surface area contributed by atoms with E-state index >= 15 is 0 Å². The number of ether oxygens (including phenoxy) is 1. The van der Waals surface area contributed by atoms with Crippen LogP contribution in [-0.2, 0) is 9.53 Å². The highest BCUT2D eigenvalue weighted by molar-refractivity contribution is 7.17. The minimum atomic E-state index is -0.305. The molecule has 3 heterocycles. The van der Waals surface area contributed by atoms with Crippen molar-refractivity contribution in [1.29, 1.82) is 0 Å². The molecule has 1 aromatic carbocycles. The maximum absolute atomic E-state index is 12.7. The van der Waals surface area contributed by atoms with Gasteiger partial charge in [0.05, 0.1) is 29.4 Å². The van der Waals surface area contributed by atoms with Gasteiger partial charge in [0.15, 0.2) is 5.13 Å². The molecule has 2 amide bonds. The summed E-state index contributed by atoms with van der Waals surface area (Å²) in [6.45, 7) is 4.43. The molecular weight excluding hydrogens is 378 g/mol. The number of carbonyl (C=O) groups excluding carboxylic acids is 2. The van der Waals surface area contributed by atoms with Crippen LogP contribution in [0.3, 0.4) is 0 Å². The fraction of sp³-hybridized carbons (Fsp3) is 0.368. The number of nitrogens with one attached hydrogen (secondary N) is 2. The van der Waals surface area contributed by atoms with Crippen molar-refractivity contribution in [2.75, 3.05) is 23.4 Å². The van der Waals surface area contributed by atoms with Crippen LogP contribution in [0.4, 0.5) is 11.1 Å². The van der Waals surface area contributed by atoms with E-state index in [0.717, 1.165) is 30.5 Å². The summed E-state index contributed by atoms with van der Waals surface area (Å²) in [6.07, 6.45) is 1.94. The highest BCUT2D eigenvalue weighted by Gasteiger charge is 2.26. The first-order valence-corrected chi connectivity index (χ1v) is 9.96. The topological polar surface area (TPSA) is 100 Å². The molecule has 8 nitrogen and oxygen atoms in total. The van der Waals surface area contributed by atoms with Crippen molar-refractivity contribution < 1.29 is 14.3 Å². The minimum absolute atomic E-state index is 0.0148. The number of aromatic amines is 1. The fourth-order valence-corrected chi connectivity index (χ4v) is 4.23. The second kappa shape index (κ2) is 7.69. The van der Waals surface area contributed by atoms with Gasteiger partial charge in [-0.25, -0.2) is 9.97 Å². The van der Waals surface area contributed by atoms with Crippen LogP contribution in [-0.4, -0.2) is 46.0 Å². The van der Waals surface area contributed by atoms with E-state index in [9.17, 15) is 9.59 Å². The lowest BCUT2D eigenvalue weighted by Gasteiger charge is -2.21. The molecule has 1 fully saturated rings. The number of imidazole rings is 1. The third-order valence-corrected chi connectivity index (χ3v) is 5.81. The Morgan fingerprint density at radius 2 is 2.18 bits per heavy atom. The summed E-state index contributed by atoms with van der Waals surface area (Å²) in [5, 5.41) is 3.29. The van der Waals surface area contributed by atoms with Crippen molar-refractivity contribution in [3.05, 3.63) is 34.8 Å². The molecule has 9 heteroatoms. The first-order valence-electron chi connectivity index (χ1n) is 9.14. The van der Waals surface area contributed by atoms with Crippen molar-refractivity contribution in [3.63, 3.8) is 0 Å². The summed E-state index contributed by atoms with van der Waals surface area (Å²) in [5.41, 5.74) is 2.20. The monoisotopic (exact) mass is 399 g/mol. The summed E-state index contributed by atoms with van der Waals surface area (Å²) >= 11 is 1.20. The zero-order chi connectivity index (χ0) is 19.7. The number of hydrogen-bond donors (Lipinski definition) is 2. The zero-order valence-corrected chi connectivity index (χ0v) is 16.5. The van der Waals surface area contributed by atoms with Crippen LogP contribution in [0.5, 0.6) is 0 Å². The van der Waals surface area contributed by atoms with Gasteiger partial charge in [-0.1, -0.05) is 23.5 Å². The van der Waals surface area contributed by atoms with Crippen molar-refractivity contribution in [1.82, 2.24) is 15.0 Å². The predicted octanol–water partition coefficient (Wildman–Crippen LogP) is 3.11. The number of carbonyl (C=O) groups is 2. The van der Waals surface area contributed by atoms with Gasteiger partial charge in [-0.3, -0.25) is 19.8 Å². The lowest BCUT2D eigenvalue weighted by molar-refractivity contribution is -0.116. The highest BCUT2D eigenvalue weighted by Crippen LogP contribution is 2.28. The van der Waals surface area contributed by atoms with Gasteiger partial charge < -0.3 is 9.72 Å². The van der Waals surface area contributed by atoms with Gasteiger partial charge in [-0.2, -0.15) is 0 Å². The van der Waals surface area contributed by atoms with Crippen LogP contribution in [0.15, 0.2) is 24.3 Å². The molecule has 1 aliphatic heterocycles. The Bertz CT molecular complexity index is 989. The molecular formula is C19H21N5O3S. The van der Waals surface area contributed by atoms with E-state index in [-0.39, 0.29) is 17.9 Å². The molecule has 1 saturated heterocycles. The average Bonchev–Trinajstić information content (AvgIpc) is 3.38. The number of aromatic nitrogens is 3.